The molecule has 2 N–H and O–H groups in total. The van der Waals surface area contributed by atoms with Gasteiger partial charge in [-0.3, -0.25) is 9.89 Å². The number of hydrogen-bond acceptors (Lipinski definition) is 2. The van der Waals surface area contributed by atoms with Crippen LogP contribution in [-0.4, -0.2) is 16.1 Å². The molecule has 1 amide bonds. The van der Waals surface area contributed by atoms with E-state index < -0.39 is 0 Å². The summed E-state index contributed by atoms with van der Waals surface area (Å²) in [5.41, 5.74) is 3.68. The van der Waals surface area contributed by atoms with Gasteiger partial charge in [-0.2, -0.15) is 5.10 Å². The van der Waals surface area contributed by atoms with E-state index >= 15 is 0 Å². The summed E-state index contributed by atoms with van der Waals surface area (Å²) in [5.74, 6) is -0.122. The molecule has 4 heteroatoms. The van der Waals surface area contributed by atoms with Crippen LogP contribution in [0.25, 0.3) is 0 Å². The molecular weight excluding hydrogens is 214 g/mol. The van der Waals surface area contributed by atoms with Crippen molar-refractivity contribution < 1.29 is 4.79 Å². The number of aryl methyl sites for hydroxylation is 2. The monoisotopic (exact) mass is 229 g/mol. The minimum atomic E-state index is -0.122. The Kier molecular flexibility index (Phi) is 3.23. The fraction of sp³-hybridized carbons (Fsp3) is 0.231. The van der Waals surface area contributed by atoms with Gasteiger partial charge in [-0.25, -0.2) is 0 Å². The van der Waals surface area contributed by atoms with E-state index in [9.17, 15) is 4.79 Å². The molecule has 88 valence electrons. The van der Waals surface area contributed by atoms with Crippen LogP contribution in [0.1, 0.15) is 27.2 Å². The molecule has 0 aliphatic carbocycles. The van der Waals surface area contributed by atoms with Gasteiger partial charge >= 0.3 is 0 Å². The lowest BCUT2D eigenvalue weighted by Crippen LogP contribution is -2.24. The number of rotatable bonds is 3. The van der Waals surface area contributed by atoms with Crippen LogP contribution in [0, 0.1) is 13.8 Å². The van der Waals surface area contributed by atoms with Crippen LogP contribution in [0.15, 0.2) is 30.5 Å². The molecule has 2 aromatic rings. The van der Waals surface area contributed by atoms with Crippen molar-refractivity contribution in [3.63, 3.8) is 0 Å². The van der Waals surface area contributed by atoms with Crippen LogP contribution in [0.2, 0.25) is 0 Å². The van der Waals surface area contributed by atoms with Crippen molar-refractivity contribution in [1.29, 1.82) is 0 Å². The number of carbonyl (C=O) groups excluding carboxylic acids is 1. The predicted octanol–water partition coefficient (Wildman–Crippen LogP) is 1.96. The Morgan fingerprint density at radius 1 is 1.29 bits per heavy atom. The van der Waals surface area contributed by atoms with Gasteiger partial charge in [0.1, 0.15) is 5.69 Å². The molecule has 0 saturated carbocycles. The Labute approximate surface area is 100 Å². The summed E-state index contributed by atoms with van der Waals surface area (Å²) in [6, 6.07) is 7.99. The van der Waals surface area contributed by atoms with Crippen LogP contribution in [-0.2, 0) is 6.54 Å². The fourth-order valence-corrected chi connectivity index (χ4v) is 1.65. The average Bonchev–Trinajstić information content (AvgIpc) is 2.74. The first-order valence-electron chi connectivity index (χ1n) is 5.51. The van der Waals surface area contributed by atoms with Crippen molar-refractivity contribution in [1.82, 2.24) is 15.5 Å². The highest BCUT2D eigenvalue weighted by molar-refractivity contribution is 5.93. The number of nitrogens with zero attached hydrogens (tertiary/aromatic N) is 1. The minimum Gasteiger partial charge on any atom is -0.347 e. The Hall–Kier alpha value is -2.10. The van der Waals surface area contributed by atoms with Crippen molar-refractivity contribution in [2.75, 3.05) is 0 Å². The van der Waals surface area contributed by atoms with Gasteiger partial charge < -0.3 is 5.32 Å². The lowest BCUT2D eigenvalue weighted by Gasteiger charge is -2.07. The van der Waals surface area contributed by atoms with E-state index in [1.807, 2.05) is 38.1 Å². The third-order valence-corrected chi connectivity index (χ3v) is 2.76. The van der Waals surface area contributed by atoms with Crippen LogP contribution in [0.3, 0.4) is 0 Å². The van der Waals surface area contributed by atoms with E-state index in [0.717, 1.165) is 11.1 Å². The highest BCUT2D eigenvalue weighted by Gasteiger charge is 2.10. The third kappa shape index (κ3) is 2.53. The number of carbonyl (C=O) groups is 1. The van der Waals surface area contributed by atoms with Gasteiger partial charge in [0.15, 0.2) is 0 Å². The third-order valence-electron chi connectivity index (χ3n) is 2.76. The molecule has 0 aliphatic heterocycles. The van der Waals surface area contributed by atoms with Gasteiger partial charge in [-0.15, -0.1) is 0 Å². The van der Waals surface area contributed by atoms with Gasteiger partial charge in [0.25, 0.3) is 5.91 Å². The minimum absolute atomic E-state index is 0.122. The van der Waals surface area contributed by atoms with Gasteiger partial charge in [-0.1, -0.05) is 24.3 Å². The van der Waals surface area contributed by atoms with Crippen LogP contribution in [0.4, 0.5) is 0 Å². The number of aromatic nitrogens is 2. The molecule has 0 bridgehead atoms. The van der Waals surface area contributed by atoms with Gasteiger partial charge in [0.2, 0.25) is 0 Å². The quantitative estimate of drug-likeness (QED) is 0.845. The smallest absolute Gasteiger partial charge is 0.269 e. The van der Waals surface area contributed by atoms with E-state index in [2.05, 4.69) is 15.5 Å². The van der Waals surface area contributed by atoms with Crippen molar-refractivity contribution in [2.24, 2.45) is 0 Å². The Morgan fingerprint density at radius 2 is 2.06 bits per heavy atom. The topological polar surface area (TPSA) is 57.8 Å². The predicted molar refractivity (Wildman–Crippen MR) is 65.7 cm³/mol. The van der Waals surface area contributed by atoms with Crippen LogP contribution >= 0.6 is 0 Å². The number of amides is 1. The molecule has 0 spiro atoms. The summed E-state index contributed by atoms with van der Waals surface area (Å²) in [6.45, 7) is 4.42. The van der Waals surface area contributed by atoms with Gasteiger partial charge in [-0.05, 0) is 30.5 Å². The second kappa shape index (κ2) is 4.82. The highest BCUT2D eigenvalue weighted by Crippen LogP contribution is 2.07. The van der Waals surface area contributed by atoms with E-state index in [0.29, 0.717) is 12.2 Å². The zero-order chi connectivity index (χ0) is 12.3. The van der Waals surface area contributed by atoms with E-state index in [-0.39, 0.29) is 5.91 Å². The summed E-state index contributed by atoms with van der Waals surface area (Å²) in [7, 11) is 0. The summed E-state index contributed by atoms with van der Waals surface area (Å²) in [5, 5.41) is 9.40. The second-order valence-corrected chi connectivity index (χ2v) is 4.04. The van der Waals surface area contributed by atoms with Crippen LogP contribution < -0.4 is 5.32 Å². The zero-order valence-corrected chi connectivity index (χ0v) is 9.95. The average molecular weight is 229 g/mol. The second-order valence-electron chi connectivity index (χ2n) is 4.04. The van der Waals surface area contributed by atoms with E-state index in [4.69, 9.17) is 0 Å². The van der Waals surface area contributed by atoms with E-state index in [1.165, 1.54) is 5.56 Å². The SMILES string of the molecule is Cc1ccccc1CNC(=O)c1[nH]ncc1C. The Morgan fingerprint density at radius 3 is 2.71 bits per heavy atom. The number of H-pyrrole nitrogens is 1. The normalized spacial score (nSPS) is 10.2. The van der Waals surface area contributed by atoms with E-state index in [1.54, 1.807) is 6.20 Å². The molecule has 1 heterocycles. The highest BCUT2D eigenvalue weighted by atomic mass is 16.1. The van der Waals surface area contributed by atoms with Crippen molar-refractivity contribution in [3.8, 4) is 0 Å². The standard InChI is InChI=1S/C13H15N3O/c1-9-5-3-4-6-11(9)8-14-13(17)12-10(2)7-15-16-12/h3-7H,8H2,1-2H3,(H,14,17)(H,15,16). The summed E-state index contributed by atoms with van der Waals surface area (Å²) < 4.78 is 0. The first-order chi connectivity index (χ1) is 8.18. The number of benzene rings is 1. The molecule has 0 atom stereocenters. The first-order valence-corrected chi connectivity index (χ1v) is 5.51. The number of hydrogen-bond donors (Lipinski definition) is 2. The Balaban J connectivity index is 2.02. The van der Waals surface area contributed by atoms with Crippen LogP contribution in [0.5, 0.6) is 0 Å². The summed E-state index contributed by atoms with van der Waals surface area (Å²) in [4.78, 5) is 11.8. The molecule has 1 aromatic carbocycles. The molecule has 0 saturated heterocycles. The van der Waals surface area contributed by atoms with Crippen molar-refractivity contribution in [2.45, 2.75) is 20.4 Å². The van der Waals surface area contributed by atoms with Crippen molar-refractivity contribution >= 4 is 5.91 Å². The number of aromatic amines is 1. The molecule has 4 nitrogen and oxygen atoms in total. The van der Waals surface area contributed by atoms with Gasteiger partial charge in [0.05, 0.1) is 6.20 Å². The fourth-order valence-electron chi connectivity index (χ4n) is 1.65. The first kappa shape index (κ1) is 11.4. The van der Waals surface area contributed by atoms with Gasteiger partial charge in [0, 0.05) is 6.54 Å². The zero-order valence-electron chi connectivity index (χ0n) is 9.95. The maximum Gasteiger partial charge on any atom is 0.269 e. The van der Waals surface area contributed by atoms with Crippen molar-refractivity contribution in [3.05, 3.63) is 52.8 Å². The molecule has 0 radical (unpaired) electrons. The molecule has 0 unspecified atom stereocenters. The molecule has 1 aromatic heterocycles. The summed E-state index contributed by atoms with van der Waals surface area (Å²) >= 11 is 0. The summed E-state index contributed by atoms with van der Waals surface area (Å²) in [6.07, 6.45) is 1.64. The lowest BCUT2D eigenvalue weighted by molar-refractivity contribution is 0.0945. The Bertz CT molecular complexity index is 531. The maximum atomic E-state index is 11.8. The number of nitrogens with one attached hydrogen (secondary N) is 2. The molecular formula is C13H15N3O. The molecule has 0 aliphatic rings. The lowest BCUT2D eigenvalue weighted by atomic mass is 10.1. The maximum absolute atomic E-state index is 11.8. The molecule has 0 fully saturated rings. The molecule has 2 rings (SSSR count). The molecule has 17 heavy (non-hydrogen) atoms. The largest absolute Gasteiger partial charge is 0.347 e.